The number of nitrogens with two attached hydrogens (primary N) is 1. The lowest BCUT2D eigenvalue weighted by atomic mass is 10.2. The van der Waals surface area contributed by atoms with E-state index in [0.29, 0.717) is 0 Å². The highest BCUT2D eigenvalue weighted by Gasteiger charge is 2.13. The van der Waals surface area contributed by atoms with Crippen molar-refractivity contribution in [1.29, 1.82) is 0 Å². The van der Waals surface area contributed by atoms with E-state index in [-0.39, 0.29) is 11.9 Å². The molecule has 0 saturated heterocycles. The van der Waals surface area contributed by atoms with Crippen LogP contribution >= 0.6 is 11.8 Å². The number of carbonyl (C=O) groups is 1. The van der Waals surface area contributed by atoms with Crippen LogP contribution in [0, 0.1) is 0 Å². The molecule has 0 aliphatic rings. The molecule has 3 nitrogen and oxygen atoms in total. The van der Waals surface area contributed by atoms with Gasteiger partial charge in [0.25, 0.3) is 0 Å². The Morgan fingerprint density at radius 3 is 2.71 bits per heavy atom. The van der Waals surface area contributed by atoms with Gasteiger partial charge in [0.1, 0.15) is 0 Å². The van der Waals surface area contributed by atoms with Crippen LogP contribution in [0.2, 0.25) is 0 Å². The lowest BCUT2D eigenvalue weighted by Crippen LogP contribution is -2.43. The quantitative estimate of drug-likeness (QED) is 0.741. The van der Waals surface area contributed by atoms with Crippen molar-refractivity contribution in [3.63, 3.8) is 0 Å². The monoisotopic (exact) mass is 252 g/mol. The fraction of sp³-hybridized carbons (Fsp3) is 0.462. The van der Waals surface area contributed by atoms with Gasteiger partial charge in [0.05, 0.1) is 6.04 Å². The second-order valence-corrected chi connectivity index (χ2v) is 4.94. The summed E-state index contributed by atoms with van der Waals surface area (Å²) < 4.78 is 0. The number of rotatable bonds is 8. The standard InChI is InChI=1S/C13H20N2OS/c1-2-8-15-12(13(14)16)10-17-9-11-6-4-3-5-7-11/h3-7,12,15H,2,8-10H2,1H3,(H2,14,16)/t12-/m0/s1. The molecule has 1 aromatic rings. The average Bonchev–Trinajstić information content (AvgIpc) is 2.34. The molecule has 0 aliphatic heterocycles. The number of benzene rings is 1. The zero-order valence-electron chi connectivity index (χ0n) is 10.2. The van der Waals surface area contributed by atoms with Crippen molar-refractivity contribution in [2.75, 3.05) is 12.3 Å². The molecule has 0 spiro atoms. The van der Waals surface area contributed by atoms with Gasteiger partial charge in [-0.2, -0.15) is 11.8 Å². The zero-order chi connectivity index (χ0) is 12.5. The van der Waals surface area contributed by atoms with Gasteiger partial charge >= 0.3 is 0 Å². The van der Waals surface area contributed by atoms with Gasteiger partial charge in [-0.25, -0.2) is 0 Å². The normalized spacial score (nSPS) is 12.3. The Hall–Kier alpha value is -1.00. The molecular weight excluding hydrogens is 232 g/mol. The van der Waals surface area contributed by atoms with Crippen molar-refractivity contribution in [2.24, 2.45) is 5.73 Å². The minimum atomic E-state index is -0.265. The molecule has 17 heavy (non-hydrogen) atoms. The molecule has 0 unspecified atom stereocenters. The van der Waals surface area contributed by atoms with Crippen molar-refractivity contribution in [1.82, 2.24) is 5.32 Å². The van der Waals surface area contributed by atoms with E-state index in [1.807, 2.05) is 18.2 Å². The molecule has 0 aromatic heterocycles. The maximum atomic E-state index is 11.2. The molecule has 0 aliphatic carbocycles. The van der Waals surface area contributed by atoms with Crippen LogP contribution in [0.25, 0.3) is 0 Å². The van der Waals surface area contributed by atoms with E-state index in [9.17, 15) is 4.79 Å². The Bertz CT molecular complexity index is 329. The van der Waals surface area contributed by atoms with Crippen molar-refractivity contribution in [2.45, 2.75) is 25.1 Å². The third kappa shape index (κ3) is 5.75. The maximum absolute atomic E-state index is 11.2. The van der Waals surface area contributed by atoms with Gasteiger partial charge in [-0.05, 0) is 18.5 Å². The first-order valence-corrected chi connectivity index (χ1v) is 7.04. The Labute approximate surface area is 107 Å². The fourth-order valence-electron chi connectivity index (χ4n) is 1.43. The lowest BCUT2D eigenvalue weighted by molar-refractivity contribution is -0.119. The van der Waals surface area contributed by atoms with Gasteiger partial charge in [0.2, 0.25) is 5.91 Å². The summed E-state index contributed by atoms with van der Waals surface area (Å²) in [6.07, 6.45) is 1.01. The molecule has 1 amide bonds. The summed E-state index contributed by atoms with van der Waals surface area (Å²) in [5.41, 5.74) is 6.62. The smallest absolute Gasteiger partial charge is 0.235 e. The Balaban J connectivity index is 2.29. The first-order chi connectivity index (χ1) is 8.24. The number of thioether (sulfide) groups is 1. The average molecular weight is 252 g/mol. The molecular formula is C13H20N2OS. The van der Waals surface area contributed by atoms with Crippen molar-refractivity contribution < 1.29 is 4.79 Å². The number of hydrogen-bond donors (Lipinski definition) is 2. The number of nitrogens with one attached hydrogen (secondary N) is 1. The molecule has 4 heteroatoms. The van der Waals surface area contributed by atoms with E-state index in [1.54, 1.807) is 11.8 Å². The van der Waals surface area contributed by atoms with Crippen LogP contribution < -0.4 is 11.1 Å². The minimum absolute atomic E-state index is 0.219. The summed E-state index contributed by atoms with van der Waals surface area (Å²) in [6, 6.07) is 10.0. The van der Waals surface area contributed by atoms with Crippen LogP contribution in [0.4, 0.5) is 0 Å². The Kier molecular flexibility index (Phi) is 6.74. The van der Waals surface area contributed by atoms with Crippen LogP contribution in [0.15, 0.2) is 30.3 Å². The predicted octanol–water partition coefficient (Wildman–Crippen LogP) is 1.77. The summed E-state index contributed by atoms with van der Waals surface area (Å²) in [4.78, 5) is 11.2. The lowest BCUT2D eigenvalue weighted by Gasteiger charge is -2.14. The molecule has 0 bridgehead atoms. The molecule has 0 saturated carbocycles. The molecule has 0 radical (unpaired) electrons. The van der Waals surface area contributed by atoms with Crippen molar-refractivity contribution in [3.8, 4) is 0 Å². The molecule has 3 N–H and O–H groups in total. The fourth-order valence-corrected chi connectivity index (χ4v) is 2.49. The maximum Gasteiger partial charge on any atom is 0.235 e. The third-order valence-electron chi connectivity index (χ3n) is 2.38. The molecule has 0 fully saturated rings. The topological polar surface area (TPSA) is 55.1 Å². The SMILES string of the molecule is CCCN[C@@H](CSCc1ccccc1)C(N)=O. The first kappa shape index (κ1) is 14.1. The molecule has 94 valence electrons. The predicted molar refractivity (Wildman–Crippen MR) is 73.9 cm³/mol. The van der Waals surface area contributed by atoms with Gasteiger partial charge in [0.15, 0.2) is 0 Å². The van der Waals surface area contributed by atoms with Gasteiger partial charge in [-0.1, -0.05) is 37.3 Å². The van der Waals surface area contributed by atoms with Crippen LogP contribution in [0.5, 0.6) is 0 Å². The largest absolute Gasteiger partial charge is 0.368 e. The summed E-state index contributed by atoms with van der Waals surface area (Å²) in [5, 5.41) is 3.16. The Morgan fingerprint density at radius 2 is 2.12 bits per heavy atom. The zero-order valence-corrected chi connectivity index (χ0v) is 11.0. The summed E-state index contributed by atoms with van der Waals surface area (Å²) in [7, 11) is 0. The van der Waals surface area contributed by atoms with E-state index in [1.165, 1.54) is 5.56 Å². The van der Waals surface area contributed by atoms with E-state index >= 15 is 0 Å². The number of carbonyl (C=O) groups excluding carboxylic acids is 1. The Morgan fingerprint density at radius 1 is 1.41 bits per heavy atom. The van der Waals surface area contributed by atoms with Crippen LogP contribution in [0.1, 0.15) is 18.9 Å². The van der Waals surface area contributed by atoms with Crippen molar-refractivity contribution in [3.05, 3.63) is 35.9 Å². The van der Waals surface area contributed by atoms with Gasteiger partial charge in [-0.15, -0.1) is 0 Å². The summed E-state index contributed by atoms with van der Waals surface area (Å²) in [5.74, 6) is 1.38. The van der Waals surface area contributed by atoms with E-state index < -0.39 is 0 Å². The molecule has 1 aromatic carbocycles. The van der Waals surface area contributed by atoms with E-state index in [0.717, 1.165) is 24.5 Å². The second kappa shape index (κ2) is 8.14. The number of amides is 1. The van der Waals surface area contributed by atoms with E-state index in [4.69, 9.17) is 5.73 Å². The van der Waals surface area contributed by atoms with Crippen LogP contribution in [-0.4, -0.2) is 24.2 Å². The van der Waals surface area contributed by atoms with Gasteiger partial charge in [-0.3, -0.25) is 4.79 Å². The minimum Gasteiger partial charge on any atom is -0.368 e. The van der Waals surface area contributed by atoms with Crippen molar-refractivity contribution >= 4 is 17.7 Å². The molecule has 1 atom stereocenters. The van der Waals surface area contributed by atoms with Gasteiger partial charge < -0.3 is 11.1 Å². The number of hydrogen-bond acceptors (Lipinski definition) is 3. The summed E-state index contributed by atoms with van der Waals surface area (Å²) in [6.45, 7) is 2.90. The highest BCUT2D eigenvalue weighted by molar-refractivity contribution is 7.98. The van der Waals surface area contributed by atoms with Crippen LogP contribution in [-0.2, 0) is 10.5 Å². The van der Waals surface area contributed by atoms with E-state index in [2.05, 4.69) is 24.4 Å². The summed E-state index contributed by atoms with van der Waals surface area (Å²) >= 11 is 1.73. The number of primary amides is 1. The second-order valence-electron chi connectivity index (χ2n) is 3.91. The van der Waals surface area contributed by atoms with Gasteiger partial charge in [0, 0.05) is 11.5 Å². The first-order valence-electron chi connectivity index (χ1n) is 5.88. The third-order valence-corrected chi connectivity index (χ3v) is 3.49. The molecule has 0 heterocycles. The highest BCUT2D eigenvalue weighted by atomic mass is 32.2. The highest BCUT2D eigenvalue weighted by Crippen LogP contribution is 2.12. The van der Waals surface area contributed by atoms with Crippen LogP contribution in [0.3, 0.4) is 0 Å². The molecule has 1 rings (SSSR count).